The average molecular weight is 263 g/mol. The smallest absolute Gasteiger partial charge is 0.307 e. The predicted molar refractivity (Wildman–Crippen MR) is 73.2 cm³/mol. The van der Waals surface area contributed by atoms with E-state index in [1.54, 1.807) is 0 Å². The Kier molecular flexibility index (Phi) is 4.80. The highest BCUT2D eigenvalue weighted by molar-refractivity contribution is 5.69. The molecule has 1 aromatic carbocycles. The highest BCUT2D eigenvalue weighted by atomic mass is 16.5. The molecule has 0 bridgehead atoms. The molecule has 4 nitrogen and oxygen atoms in total. The summed E-state index contributed by atoms with van der Waals surface area (Å²) in [5.41, 5.74) is 8.62. The lowest BCUT2D eigenvalue weighted by atomic mass is 9.92. The summed E-state index contributed by atoms with van der Waals surface area (Å²) >= 11 is 0. The van der Waals surface area contributed by atoms with E-state index in [9.17, 15) is 4.79 Å². The first-order valence-corrected chi connectivity index (χ1v) is 6.76. The van der Waals surface area contributed by atoms with Crippen LogP contribution in [0.4, 0.5) is 0 Å². The molecule has 0 saturated carbocycles. The molecule has 1 aliphatic rings. The molecule has 0 saturated heterocycles. The van der Waals surface area contributed by atoms with E-state index in [0.717, 1.165) is 18.6 Å². The zero-order valence-electron chi connectivity index (χ0n) is 11.4. The zero-order valence-corrected chi connectivity index (χ0v) is 11.4. The van der Waals surface area contributed by atoms with Gasteiger partial charge < -0.3 is 15.2 Å². The van der Waals surface area contributed by atoms with Crippen LogP contribution in [-0.2, 0) is 22.4 Å². The van der Waals surface area contributed by atoms with Gasteiger partial charge in [-0.1, -0.05) is 6.07 Å². The van der Waals surface area contributed by atoms with E-state index in [1.807, 2.05) is 6.07 Å². The third kappa shape index (κ3) is 3.96. The summed E-state index contributed by atoms with van der Waals surface area (Å²) in [6.07, 6.45) is 5.00. The maximum Gasteiger partial charge on any atom is 0.307 e. The van der Waals surface area contributed by atoms with Gasteiger partial charge in [-0.2, -0.15) is 0 Å². The van der Waals surface area contributed by atoms with Crippen molar-refractivity contribution in [3.05, 3.63) is 29.3 Å². The Hall–Kier alpha value is -1.55. The third-order valence-electron chi connectivity index (χ3n) is 3.44. The van der Waals surface area contributed by atoms with Crippen LogP contribution in [0.15, 0.2) is 18.2 Å². The number of esters is 1. The summed E-state index contributed by atoms with van der Waals surface area (Å²) in [6.45, 7) is 0.327. The minimum Gasteiger partial charge on any atom is -0.492 e. The molecule has 1 unspecified atom stereocenters. The SMILES string of the molecule is COC(=O)CC(N)COc1ccc2c(c1)CCCC2. The Morgan fingerprint density at radius 3 is 2.79 bits per heavy atom. The van der Waals surface area contributed by atoms with E-state index in [-0.39, 0.29) is 18.4 Å². The van der Waals surface area contributed by atoms with E-state index >= 15 is 0 Å². The number of carbonyl (C=O) groups excluding carboxylic acids is 1. The Balaban J connectivity index is 1.87. The molecule has 4 heteroatoms. The number of methoxy groups -OCH3 is 1. The average Bonchev–Trinajstić information content (AvgIpc) is 2.44. The highest BCUT2D eigenvalue weighted by Crippen LogP contribution is 2.25. The summed E-state index contributed by atoms with van der Waals surface area (Å²) < 4.78 is 10.2. The number of benzene rings is 1. The fraction of sp³-hybridized carbons (Fsp3) is 0.533. The van der Waals surface area contributed by atoms with Crippen LogP contribution >= 0.6 is 0 Å². The molecule has 1 atom stereocenters. The maximum absolute atomic E-state index is 11.1. The van der Waals surface area contributed by atoms with E-state index in [4.69, 9.17) is 10.5 Å². The summed E-state index contributed by atoms with van der Waals surface area (Å²) in [5.74, 6) is 0.530. The first-order chi connectivity index (χ1) is 9.19. The Bertz CT molecular complexity index is 445. The minimum absolute atomic E-state index is 0.182. The van der Waals surface area contributed by atoms with Crippen molar-refractivity contribution in [3.8, 4) is 5.75 Å². The van der Waals surface area contributed by atoms with E-state index in [1.165, 1.54) is 31.1 Å². The van der Waals surface area contributed by atoms with Gasteiger partial charge in [-0.3, -0.25) is 4.79 Å². The molecule has 104 valence electrons. The molecule has 0 radical (unpaired) electrons. The van der Waals surface area contributed by atoms with Gasteiger partial charge >= 0.3 is 5.97 Å². The standard InChI is InChI=1S/C15H21NO3/c1-18-15(17)9-13(16)10-19-14-7-6-11-4-2-3-5-12(11)8-14/h6-8,13H,2-5,9-10,16H2,1H3. The fourth-order valence-corrected chi connectivity index (χ4v) is 2.36. The van der Waals surface area contributed by atoms with Crippen LogP contribution in [-0.4, -0.2) is 25.7 Å². The lowest BCUT2D eigenvalue weighted by Crippen LogP contribution is -2.31. The van der Waals surface area contributed by atoms with Crippen molar-refractivity contribution in [2.75, 3.05) is 13.7 Å². The second kappa shape index (κ2) is 6.57. The molecule has 2 rings (SSSR count). The third-order valence-corrected chi connectivity index (χ3v) is 3.44. The van der Waals surface area contributed by atoms with Gasteiger partial charge in [0.25, 0.3) is 0 Å². The molecule has 0 aromatic heterocycles. The van der Waals surface area contributed by atoms with Crippen LogP contribution in [0.5, 0.6) is 5.75 Å². The number of nitrogens with two attached hydrogens (primary N) is 1. The number of fused-ring (bicyclic) bond motifs is 1. The van der Waals surface area contributed by atoms with Gasteiger partial charge in [-0.15, -0.1) is 0 Å². The summed E-state index contributed by atoms with van der Waals surface area (Å²) in [7, 11) is 1.36. The van der Waals surface area contributed by atoms with Crippen molar-refractivity contribution in [1.82, 2.24) is 0 Å². The quantitative estimate of drug-likeness (QED) is 0.823. The van der Waals surface area contributed by atoms with Crippen LogP contribution in [0.2, 0.25) is 0 Å². The minimum atomic E-state index is -0.330. The van der Waals surface area contributed by atoms with Crippen molar-refractivity contribution in [2.45, 2.75) is 38.1 Å². The van der Waals surface area contributed by atoms with Crippen molar-refractivity contribution in [3.63, 3.8) is 0 Å². The largest absolute Gasteiger partial charge is 0.492 e. The summed E-state index contributed by atoms with van der Waals surface area (Å²) in [6, 6.07) is 5.88. The number of ether oxygens (including phenoxy) is 2. The second-order valence-corrected chi connectivity index (χ2v) is 4.99. The van der Waals surface area contributed by atoms with Crippen LogP contribution in [0, 0.1) is 0 Å². The monoisotopic (exact) mass is 263 g/mol. The number of rotatable bonds is 5. The van der Waals surface area contributed by atoms with Crippen LogP contribution in [0.3, 0.4) is 0 Å². The zero-order chi connectivity index (χ0) is 13.7. The van der Waals surface area contributed by atoms with Crippen LogP contribution in [0.1, 0.15) is 30.4 Å². The van der Waals surface area contributed by atoms with Gasteiger partial charge in [0.2, 0.25) is 0 Å². The maximum atomic E-state index is 11.1. The number of aryl methyl sites for hydroxylation is 2. The van der Waals surface area contributed by atoms with Crippen LogP contribution in [0.25, 0.3) is 0 Å². The van der Waals surface area contributed by atoms with Gasteiger partial charge in [-0.05, 0) is 48.9 Å². The number of hydrogen-bond donors (Lipinski definition) is 1. The molecule has 0 spiro atoms. The van der Waals surface area contributed by atoms with Crippen molar-refractivity contribution in [1.29, 1.82) is 0 Å². The summed E-state index contributed by atoms with van der Waals surface area (Å²) in [4.78, 5) is 11.1. The van der Waals surface area contributed by atoms with Gasteiger partial charge in [0.1, 0.15) is 12.4 Å². The van der Waals surface area contributed by atoms with E-state index < -0.39 is 0 Å². The lowest BCUT2D eigenvalue weighted by molar-refractivity contribution is -0.141. The lowest BCUT2D eigenvalue weighted by Gasteiger charge is -2.17. The number of carbonyl (C=O) groups is 1. The van der Waals surface area contributed by atoms with Gasteiger partial charge in [-0.25, -0.2) is 0 Å². The molecule has 0 heterocycles. The molecule has 19 heavy (non-hydrogen) atoms. The molecular weight excluding hydrogens is 242 g/mol. The second-order valence-electron chi connectivity index (χ2n) is 4.99. The highest BCUT2D eigenvalue weighted by Gasteiger charge is 2.12. The fourth-order valence-electron chi connectivity index (χ4n) is 2.36. The molecule has 0 amide bonds. The van der Waals surface area contributed by atoms with Gasteiger partial charge in [0.05, 0.1) is 13.5 Å². The first kappa shape index (κ1) is 13.9. The predicted octanol–water partition coefficient (Wildman–Crippen LogP) is 1.83. The molecule has 1 aromatic rings. The van der Waals surface area contributed by atoms with Gasteiger partial charge in [0, 0.05) is 6.04 Å². The Morgan fingerprint density at radius 2 is 2.05 bits per heavy atom. The molecule has 1 aliphatic carbocycles. The van der Waals surface area contributed by atoms with Gasteiger partial charge in [0.15, 0.2) is 0 Å². The van der Waals surface area contributed by atoms with Crippen molar-refractivity contribution >= 4 is 5.97 Å². The Labute approximate surface area is 113 Å². The van der Waals surface area contributed by atoms with Crippen molar-refractivity contribution in [2.24, 2.45) is 5.73 Å². The molecular formula is C15H21NO3. The topological polar surface area (TPSA) is 61.5 Å². The van der Waals surface area contributed by atoms with E-state index in [0.29, 0.717) is 6.61 Å². The normalized spacial score (nSPS) is 15.5. The number of hydrogen-bond acceptors (Lipinski definition) is 4. The summed E-state index contributed by atoms with van der Waals surface area (Å²) in [5, 5.41) is 0. The first-order valence-electron chi connectivity index (χ1n) is 6.76. The van der Waals surface area contributed by atoms with Crippen LogP contribution < -0.4 is 10.5 Å². The molecule has 0 fully saturated rings. The molecule has 0 aliphatic heterocycles. The molecule has 2 N–H and O–H groups in total. The Morgan fingerprint density at radius 1 is 1.32 bits per heavy atom. The van der Waals surface area contributed by atoms with E-state index in [2.05, 4.69) is 16.9 Å². The van der Waals surface area contributed by atoms with Crippen molar-refractivity contribution < 1.29 is 14.3 Å².